The molecule has 1 fully saturated rings. The molecule has 3 unspecified atom stereocenters. The highest BCUT2D eigenvalue weighted by atomic mass is 32.1. The standard InChI is InChI=1S/C43H60N4O7S2/c1-8-28(4)34(23-38(49)36-18-12-13-19-46(36)7)42(51)47(25-31-15-10-9-11-16-31)37(27(2)3)24-39(54-30(6)48)41-45-35(26-56-41)40(50)44-32(21-29(5)43(52)53)22-33-17-14-20-55-33/h9-11,14-17,20,26-29,32,34,36-37,39H,8,12-13,18-19,21-25H2,1-7H3,(H,44,50)(H,52,53)/t28?,29-,32+,34?,36?,37+,39+/m0/s1. The lowest BCUT2D eigenvalue weighted by atomic mass is 9.82. The van der Waals surface area contributed by atoms with E-state index in [1.54, 1.807) is 23.6 Å². The molecule has 4 rings (SSSR count). The van der Waals surface area contributed by atoms with Gasteiger partial charge in [-0.25, -0.2) is 4.98 Å². The number of hydrogen-bond acceptors (Lipinski definition) is 10. The molecule has 0 bridgehead atoms. The fraction of sp³-hybridized carbons (Fsp3) is 0.581. The molecule has 1 aliphatic heterocycles. The molecule has 0 saturated carbocycles. The molecule has 3 heterocycles. The molecule has 2 amide bonds. The number of benzene rings is 1. The Morgan fingerprint density at radius 2 is 1.75 bits per heavy atom. The van der Waals surface area contributed by atoms with Gasteiger partial charge in [-0.05, 0) is 61.7 Å². The third-order valence-electron chi connectivity index (χ3n) is 11.1. The largest absolute Gasteiger partial charge is 0.481 e. The molecule has 3 aromatic rings. The summed E-state index contributed by atoms with van der Waals surface area (Å²) in [6, 6.07) is 12.6. The first kappa shape index (κ1) is 44.8. The predicted molar refractivity (Wildman–Crippen MR) is 220 cm³/mol. The highest BCUT2D eigenvalue weighted by Gasteiger charge is 2.39. The minimum Gasteiger partial charge on any atom is -0.481 e. The van der Waals surface area contributed by atoms with Gasteiger partial charge in [-0.15, -0.1) is 22.7 Å². The van der Waals surface area contributed by atoms with Crippen molar-refractivity contribution in [2.24, 2.45) is 23.7 Å². The summed E-state index contributed by atoms with van der Waals surface area (Å²) in [6.45, 7) is 12.3. The number of ether oxygens (including phenoxy) is 1. The van der Waals surface area contributed by atoms with Gasteiger partial charge < -0.3 is 20.1 Å². The number of ketones is 1. The normalized spacial score (nSPS) is 18.0. The van der Waals surface area contributed by atoms with Gasteiger partial charge in [-0.1, -0.05) is 83.9 Å². The smallest absolute Gasteiger partial charge is 0.306 e. The Morgan fingerprint density at radius 1 is 1.02 bits per heavy atom. The molecule has 1 aromatic carbocycles. The number of hydrogen-bond donors (Lipinski definition) is 2. The first-order valence-corrected chi connectivity index (χ1v) is 21.7. The number of piperidine rings is 1. The second kappa shape index (κ2) is 21.5. The van der Waals surface area contributed by atoms with Crippen LogP contribution in [0.15, 0.2) is 53.2 Å². The van der Waals surface area contributed by atoms with Crippen LogP contribution in [0.3, 0.4) is 0 Å². The Balaban J connectivity index is 1.64. The number of nitrogens with one attached hydrogen (secondary N) is 1. The molecule has 0 radical (unpaired) electrons. The summed E-state index contributed by atoms with van der Waals surface area (Å²) in [5.74, 6) is -3.20. The van der Waals surface area contributed by atoms with E-state index in [1.807, 2.05) is 87.5 Å². The average Bonchev–Trinajstić information content (AvgIpc) is 3.87. The first-order valence-electron chi connectivity index (χ1n) is 19.9. The number of carbonyl (C=O) groups is 5. The van der Waals surface area contributed by atoms with Gasteiger partial charge in [0.15, 0.2) is 11.9 Å². The molecule has 2 N–H and O–H groups in total. The second-order valence-electron chi connectivity index (χ2n) is 15.8. The van der Waals surface area contributed by atoms with E-state index in [1.165, 1.54) is 18.3 Å². The fourth-order valence-corrected chi connectivity index (χ4v) is 9.20. The molecule has 1 saturated heterocycles. The van der Waals surface area contributed by atoms with Crippen LogP contribution in [0.1, 0.15) is 119 Å². The number of carboxylic acid groups (broad SMARTS) is 1. The second-order valence-corrected chi connectivity index (χ2v) is 17.7. The number of esters is 1. The first-order chi connectivity index (χ1) is 26.7. The molecular weight excluding hydrogens is 749 g/mol. The van der Waals surface area contributed by atoms with Gasteiger partial charge in [0.25, 0.3) is 5.91 Å². The van der Waals surface area contributed by atoms with Crippen molar-refractivity contribution in [3.8, 4) is 0 Å². The molecule has 1 aliphatic rings. The zero-order valence-electron chi connectivity index (χ0n) is 33.9. The number of carbonyl (C=O) groups excluding carboxylic acids is 4. The number of likely N-dealkylation sites (N-methyl/N-ethyl adjacent to an activating group) is 1. The van der Waals surface area contributed by atoms with Gasteiger partial charge in [0.1, 0.15) is 10.7 Å². The van der Waals surface area contributed by atoms with E-state index in [2.05, 4.69) is 15.2 Å². The molecule has 2 aromatic heterocycles. The van der Waals surface area contributed by atoms with Crippen LogP contribution in [0.5, 0.6) is 0 Å². The topological polar surface area (TPSA) is 146 Å². The summed E-state index contributed by atoms with van der Waals surface area (Å²) >= 11 is 2.74. The summed E-state index contributed by atoms with van der Waals surface area (Å²) in [5.41, 5.74) is 1.09. The molecular formula is C43H60N4O7S2. The number of aromatic nitrogens is 1. The van der Waals surface area contributed by atoms with Crippen molar-refractivity contribution in [2.75, 3.05) is 13.6 Å². The van der Waals surface area contributed by atoms with E-state index in [0.29, 0.717) is 18.0 Å². The van der Waals surface area contributed by atoms with Gasteiger partial charge in [-0.2, -0.15) is 0 Å². The Kier molecular flexibility index (Phi) is 17.2. The minimum absolute atomic E-state index is 0.0436. The van der Waals surface area contributed by atoms with Crippen molar-refractivity contribution in [3.63, 3.8) is 0 Å². The third kappa shape index (κ3) is 12.8. The quantitative estimate of drug-likeness (QED) is 0.103. The van der Waals surface area contributed by atoms with Crippen LogP contribution < -0.4 is 5.32 Å². The Hall–Kier alpha value is -3.94. The van der Waals surface area contributed by atoms with Crippen molar-refractivity contribution >= 4 is 52.2 Å². The molecule has 7 atom stereocenters. The summed E-state index contributed by atoms with van der Waals surface area (Å²) in [6.07, 6.45) is 3.86. The zero-order valence-corrected chi connectivity index (χ0v) is 35.6. The summed E-state index contributed by atoms with van der Waals surface area (Å²) in [4.78, 5) is 76.5. The number of thiazole rings is 1. The number of nitrogens with zero attached hydrogens (tertiary/aromatic N) is 3. The van der Waals surface area contributed by atoms with E-state index in [-0.39, 0.29) is 54.5 Å². The Morgan fingerprint density at radius 3 is 2.36 bits per heavy atom. The molecule has 56 heavy (non-hydrogen) atoms. The Labute approximate surface area is 340 Å². The lowest BCUT2D eigenvalue weighted by Gasteiger charge is -2.40. The molecule has 0 aliphatic carbocycles. The van der Waals surface area contributed by atoms with Crippen LogP contribution in [0.4, 0.5) is 0 Å². The monoisotopic (exact) mass is 808 g/mol. The summed E-state index contributed by atoms with van der Waals surface area (Å²) in [7, 11) is 1.99. The highest BCUT2D eigenvalue weighted by molar-refractivity contribution is 7.10. The molecule has 11 nitrogen and oxygen atoms in total. The van der Waals surface area contributed by atoms with E-state index in [9.17, 15) is 24.3 Å². The van der Waals surface area contributed by atoms with E-state index >= 15 is 4.79 Å². The van der Waals surface area contributed by atoms with Crippen LogP contribution in [-0.4, -0.2) is 81.1 Å². The maximum absolute atomic E-state index is 15.0. The van der Waals surface area contributed by atoms with E-state index in [0.717, 1.165) is 42.7 Å². The minimum atomic E-state index is -0.936. The lowest BCUT2D eigenvalue weighted by Crippen LogP contribution is -2.49. The van der Waals surface area contributed by atoms with Gasteiger partial charge >= 0.3 is 11.9 Å². The van der Waals surface area contributed by atoms with E-state index < -0.39 is 47.9 Å². The van der Waals surface area contributed by atoms with Crippen LogP contribution in [0, 0.1) is 23.7 Å². The highest BCUT2D eigenvalue weighted by Crippen LogP contribution is 2.34. The van der Waals surface area contributed by atoms with Crippen molar-refractivity contribution in [3.05, 3.63) is 74.4 Å². The van der Waals surface area contributed by atoms with Gasteiger partial charge in [0.2, 0.25) is 5.91 Å². The van der Waals surface area contributed by atoms with Gasteiger partial charge in [0.05, 0.1) is 12.0 Å². The fourth-order valence-electron chi connectivity index (χ4n) is 7.57. The Bertz CT molecular complexity index is 1730. The SMILES string of the molecule is CCC(C)C(CC(=O)C1CCCCN1C)C(=O)N(Cc1ccccc1)[C@H](C[C@@H](OC(C)=O)c1nc(C(=O)N[C@@H](Cc2cccs2)C[C@H](C)C(=O)O)cs1)C(C)C. The number of likely N-dealkylation sites (tertiary alicyclic amines) is 1. The number of Topliss-reactive ketones (excluding diaryl/α,β-unsaturated/α-hetero) is 1. The summed E-state index contributed by atoms with van der Waals surface area (Å²) in [5, 5.41) is 16.6. The van der Waals surface area contributed by atoms with Crippen LogP contribution in [0.25, 0.3) is 0 Å². The van der Waals surface area contributed by atoms with Crippen LogP contribution in [0.2, 0.25) is 0 Å². The lowest BCUT2D eigenvalue weighted by molar-refractivity contribution is -0.150. The van der Waals surface area contributed by atoms with Crippen LogP contribution >= 0.6 is 22.7 Å². The third-order valence-corrected chi connectivity index (χ3v) is 12.9. The maximum Gasteiger partial charge on any atom is 0.306 e. The average molecular weight is 809 g/mol. The summed E-state index contributed by atoms with van der Waals surface area (Å²) < 4.78 is 5.92. The predicted octanol–water partition coefficient (Wildman–Crippen LogP) is 7.81. The number of amides is 2. The molecule has 306 valence electrons. The number of rotatable bonds is 21. The van der Waals surface area contributed by atoms with Crippen molar-refractivity contribution in [1.29, 1.82) is 0 Å². The van der Waals surface area contributed by atoms with Crippen molar-refractivity contribution < 1.29 is 33.8 Å². The number of thiophene rings is 1. The van der Waals surface area contributed by atoms with Crippen LogP contribution in [-0.2, 0) is 36.9 Å². The number of aliphatic carboxylic acids is 1. The van der Waals surface area contributed by atoms with Gasteiger partial charge in [-0.3, -0.25) is 28.9 Å². The molecule has 13 heteroatoms. The maximum atomic E-state index is 15.0. The molecule has 0 spiro atoms. The van der Waals surface area contributed by atoms with Crippen molar-refractivity contribution in [1.82, 2.24) is 20.1 Å². The van der Waals surface area contributed by atoms with Crippen molar-refractivity contribution in [2.45, 2.75) is 124 Å². The zero-order chi connectivity index (χ0) is 40.9. The van der Waals surface area contributed by atoms with E-state index in [4.69, 9.17) is 4.74 Å². The van der Waals surface area contributed by atoms with Gasteiger partial charge in [0, 0.05) is 61.0 Å². The number of carboxylic acids is 1.